The molecule has 0 aliphatic heterocycles. The third-order valence-corrected chi connectivity index (χ3v) is 6.01. The Morgan fingerprint density at radius 1 is 1.06 bits per heavy atom. The Balaban J connectivity index is 1.53. The number of hydrogen-bond acceptors (Lipinski definition) is 3. The summed E-state index contributed by atoms with van der Waals surface area (Å²) in [7, 11) is 0. The van der Waals surface area contributed by atoms with Crippen LogP contribution >= 0.6 is 15.9 Å². The number of ether oxygens (including phenoxy) is 1. The van der Waals surface area contributed by atoms with Crippen LogP contribution in [0, 0.1) is 6.92 Å². The molecule has 0 fully saturated rings. The summed E-state index contributed by atoms with van der Waals surface area (Å²) in [4.78, 5) is 12.5. The van der Waals surface area contributed by atoms with Crippen LogP contribution < -0.4 is 10.2 Å². The first kappa shape index (κ1) is 22.8. The quantitative estimate of drug-likeness (QED) is 0.226. The molecule has 168 valence electrons. The van der Waals surface area contributed by atoms with Crippen LogP contribution in [0.4, 0.5) is 0 Å². The van der Waals surface area contributed by atoms with Crippen molar-refractivity contribution in [1.82, 2.24) is 9.99 Å². The van der Waals surface area contributed by atoms with E-state index in [0.717, 1.165) is 45.3 Å². The molecule has 0 bridgehead atoms. The van der Waals surface area contributed by atoms with Gasteiger partial charge in [-0.3, -0.25) is 4.79 Å². The number of fused-ring (bicyclic) bond motifs is 1. The Kier molecular flexibility index (Phi) is 7.25. The second kappa shape index (κ2) is 10.5. The molecule has 1 heterocycles. The molecule has 0 aliphatic carbocycles. The van der Waals surface area contributed by atoms with Gasteiger partial charge in [-0.2, -0.15) is 5.10 Å². The number of hydrogen-bond donors (Lipinski definition) is 1. The van der Waals surface area contributed by atoms with Crippen molar-refractivity contribution in [3.63, 3.8) is 0 Å². The van der Waals surface area contributed by atoms with E-state index in [9.17, 15) is 4.79 Å². The molecular weight excluding hydrogens is 478 g/mol. The molecule has 6 heteroatoms. The van der Waals surface area contributed by atoms with E-state index in [-0.39, 0.29) is 5.91 Å². The van der Waals surface area contributed by atoms with Crippen LogP contribution in [0.15, 0.2) is 82.4 Å². The average Bonchev–Trinajstić information content (AvgIpc) is 3.10. The lowest BCUT2D eigenvalue weighted by Gasteiger charge is -2.09. The minimum Gasteiger partial charge on any atom is -0.494 e. The first-order valence-electron chi connectivity index (χ1n) is 11.0. The summed E-state index contributed by atoms with van der Waals surface area (Å²) in [5.41, 5.74) is 7.61. The smallest absolute Gasteiger partial charge is 0.271 e. The van der Waals surface area contributed by atoms with Crippen molar-refractivity contribution in [3.8, 4) is 5.75 Å². The average molecular weight is 504 g/mol. The fourth-order valence-electron chi connectivity index (χ4n) is 3.74. The molecule has 0 saturated heterocycles. The lowest BCUT2D eigenvalue weighted by Crippen LogP contribution is -2.17. The lowest BCUT2D eigenvalue weighted by molar-refractivity contribution is 0.0955. The molecule has 4 aromatic rings. The van der Waals surface area contributed by atoms with Crippen LogP contribution in [-0.4, -0.2) is 23.3 Å². The molecule has 0 unspecified atom stereocenters. The summed E-state index contributed by atoms with van der Waals surface area (Å²) in [5, 5.41) is 5.36. The monoisotopic (exact) mass is 503 g/mol. The van der Waals surface area contributed by atoms with E-state index in [1.807, 2.05) is 12.1 Å². The summed E-state index contributed by atoms with van der Waals surface area (Å²) in [6.45, 7) is 5.55. The number of amides is 1. The van der Waals surface area contributed by atoms with Crippen molar-refractivity contribution in [1.29, 1.82) is 0 Å². The summed E-state index contributed by atoms with van der Waals surface area (Å²) < 4.78 is 8.90. The molecule has 4 rings (SSSR count). The standard InChI is InChI=1S/C27H26BrN3O2/c1-3-16-33-23-14-10-21(11-15-23)27(32)30-29-17-25-19(2)31(26-7-5-4-6-24(25)26)18-20-8-12-22(28)13-9-20/h4-15,17H,3,16,18H2,1-2H3,(H,30,32)/b29-17-. The van der Waals surface area contributed by atoms with Gasteiger partial charge in [-0.15, -0.1) is 0 Å². The van der Waals surface area contributed by atoms with E-state index in [2.05, 4.69) is 81.3 Å². The van der Waals surface area contributed by atoms with E-state index in [0.29, 0.717) is 12.2 Å². The number of nitrogens with zero attached hydrogens (tertiary/aromatic N) is 2. The zero-order valence-electron chi connectivity index (χ0n) is 18.7. The van der Waals surface area contributed by atoms with Crippen molar-refractivity contribution >= 4 is 39.0 Å². The fraction of sp³-hybridized carbons (Fsp3) is 0.185. The molecule has 1 amide bonds. The van der Waals surface area contributed by atoms with Crippen LogP contribution in [-0.2, 0) is 6.54 Å². The minimum absolute atomic E-state index is 0.260. The normalized spacial score (nSPS) is 11.2. The fourth-order valence-corrected chi connectivity index (χ4v) is 4.00. The van der Waals surface area contributed by atoms with Crippen LogP contribution in [0.2, 0.25) is 0 Å². The zero-order chi connectivity index (χ0) is 23.2. The summed E-state index contributed by atoms with van der Waals surface area (Å²) in [6.07, 6.45) is 2.67. The highest BCUT2D eigenvalue weighted by atomic mass is 79.9. The summed E-state index contributed by atoms with van der Waals surface area (Å²) in [5.74, 6) is 0.496. The minimum atomic E-state index is -0.260. The number of rotatable bonds is 8. The third-order valence-electron chi connectivity index (χ3n) is 5.48. The zero-order valence-corrected chi connectivity index (χ0v) is 20.3. The molecule has 0 atom stereocenters. The van der Waals surface area contributed by atoms with Crippen molar-refractivity contribution < 1.29 is 9.53 Å². The molecule has 0 saturated carbocycles. The number of para-hydroxylation sites is 1. The number of carbonyl (C=O) groups excluding carboxylic acids is 1. The van der Waals surface area contributed by atoms with E-state index in [4.69, 9.17) is 4.74 Å². The maximum atomic E-state index is 12.5. The molecule has 0 aliphatic rings. The van der Waals surface area contributed by atoms with Crippen LogP contribution in [0.3, 0.4) is 0 Å². The topological polar surface area (TPSA) is 55.6 Å². The van der Waals surface area contributed by atoms with Crippen LogP contribution in [0.25, 0.3) is 10.9 Å². The second-order valence-corrected chi connectivity index (χ2v) is 8.72. The van der Waals surface area contributed by atoms with Gasteiger partial charge in [-0.1, -0.05) is 53.2 Å². The Bertz CT molecular complexity index is 1280. The predicted molar refractivity (Wildman–Crippen MR) is 137 cm³/mol. The molecule has 1 aromatic heterocycles. The van der Waals surface area contributed by atoms with Crippen molar-refractivity contribution in [2.75, 3.05) is 6.61 Å². The van der Waals surface area contributed by atoms with Crippen LogP contribution in [0.1, 0.15) is 40.5 Å². The van der Waals surface area contributed by atoms with Gasteiger partial charge in [0.1, 0.15) is 5.75 Å². The molecule has 0 spiro atoms. The van der Waals surface area contributed by atoms with Gasteiger partial charge >= 0.3 is 0 Å². The molecule has 5 nitrogen and oxygen atoms in total. The molecular formula is C27H26BrN3O2. The maximum absolute atomic E-state index is 12.5. The van der Waals surface area contributed by atoms with Gasteiger partial charge in [0.25, 0.3) is 5.91 Å². The SMILES string of the molecule is CCCOc1ccc(C(=O)N/N=C\c2c(C)n(Cc3ccc(Br)cc3)c3ccccc23)cc1. The van der Waals surface area contributed by atoms with E-state index in [1.54, 1.807) is 30.5 Å². The predicted octanol–water partition coefficient (Wildman–Crippen LogP) is 6.31. The maximum Gasteiger partial charge on any atom is 0.271 e. The highest BCUT2D eigenvalue weighted by Gasteiger charge is 2.13. The Hall–Kier alpha value is -3.38. The van der Waals surface area contributed by atoms with Gasteiger partial charge in [-0.25, -0.2) is 5.43 Å². The van der Waals surface area contributed by atoms with Crippen molar-refractivity contribution in [2.45, 2.75) is 26.8 Å². The van der Waals surface area contributed by atoms with Gasteiger partial charge in [0.05, 0.1) is 12.8 Å². The van der Waals surface area contributed by atoms with Crippen molar-refractivity contribution in [3.05, 3.63) is 99.7 Å². The van der Waals surface area contributed by atoms with E-state index >= 15 is 0 Å². The molecule has 0 radical (unpaired) electrons. The van der Waals surface area contributed by atoms with E-state index < -0.39 is 0 Å². The lowest BCUT2D eigenvalue weighted by atomic mass is 10.1. The summed E-state index contributed by atoms with van der Waals surface area (Å²) >= 11 is 3.49. The molecule has 3 aromatic carbocycles. The number of nitrogens with one attached hydrogen (secondary N) is 1. The van der Waals surface area contributed by atoms with Gasteiger partial charge < -0.3 is 9.30 Å². The van der Waals surface area contributed by atoms with Crippen LogP contribution in [0.5, 0.6) is 5.75 Å². The van der Waals surface area contributed by atoms with Crippen molar-refractivity contribution in [2.24, 2.45) is 5.10 Å². The van der Waals surface area contributed by atoms with Gasteiger partial charge in [-0.05, 0) is 61.4 Å². The van der Waals surface area contributed by atoms with Gasteiger partial charge in [0, 0.05) is 38.7 Å². The largest absolute Gasteiger partial charge is 0.494 e. The Morgan fingerprint density at radius 3 is 2.52 bits per heavy atom. The van der Waals surface area contributed by atoms with Gasteiger partial charge in [0.15, 0.2) is 0 Å². The number of aromatic nitrogens is 1. The number of hydrazone groups is 1. The third kappa shape index (κ3) is 5.34. The van der Waals surface area contributed by atoms with Gasteiger partial charge in [0.2, 0.25) is 0 Å². The first-order chi connectivity index (χ1) is 16.1. The number of carbonyl (C=O) groups is 1. The highest BCUT2D eigenvalue weighted by Crippen LogP contribution is 2.26. The Labute approximate surface area is 202 Å². The van der Waals surface area contributed by atoms with E-state index in [1.165, 1.54) is 5.56 Å². The number of halogens is 1. The molecule has 1 N–H and O–H groups in total. The first-order valence-corrected chi connectivity index (χ1v) is 11.7. The summed E-state index contributed by atoms with van der Waals surface area (Å²) in [6, 6.07) is 23.7. The second-order valence-electron chi connectivity index (χ2n) is 7.80. The highest BCUT2D eigenvalue weighted by molar-refractivity contribution is 9.10. The Morgan fingerprint density at radius 2 is 1.79 bits per heavy atom. The molecule has 33 heavy (non-hydrogen) atoms. The number of benzene rings is 3.